The number of aryl methyl sites for hydroxylation is 1. The first-order valence-electron chi connectivity index (χ1n) is 45.4. The van der Waals surface area contributed by atoms with Crippen molar-refractivity contribution in [1.29, 1.82) is 0 Å². The van der Waals surface area contributed by atoms with Crippen LogP contribution in [0.2, 0.25) is 0 Å². The number of ketones is 6. The number of unbranched alkanes of at least 4 members (excludes halogenated alkanes) is 3. The third-order valence-electron chi connectivity index (χ3n) is 22.5. The fraction of sp³-hybridized carbons (Fsp3) is 0.646. The molecular formula is C96H143N13O17. The van der Waals surface area contributed by atoms with Gasteiger partial charge in [0.1, 0.15) is 22.6 Å². The molecule has 30 heteroatoms. The van der Waals surface area contributed by atoms with Crippen LogP contribution in [0.5, 0.6) is 0 Å². The number of likely N-dealkylation sites (tertiary alicyclic amines) is 1. The number of ether oxygens (including phenoxy) is 3. The second kappa shape index (κ2) is 47.0. The zero-order valence-electron chi connectivity index (χ0n) is 78.2. The Hall–Kier alpha value is -10.3. The number of nitrogens with two attached hydrogens (primary N) is 1. The summed E-state index contributed by atoms with van der Waals surface area (Å²) >= 11 is 0. The average molecular weight is 1750 g/mol. The number of amides is 6. The summed E-state index contributed by atoms with van der Waals surface area (Å²) in [5.74, 6) is -10.1. The highest BCUT2D eigenvalue weighted by Crippen LogP contribution is 2.36. The Balaban J connectivity index is 1.21. The number of Topliss-reactive ketones (excluding diaryl/α,β-unsaturated/α-hetero) is 6. The molecule has 1 saturated carbocycles. The molecule has 1 saturated heterocycles. The third-order valence-corrected chi connectivity index (χ3v) is 22.5. The van der Waals surface area contributed by atoms with Crippen molar-refractivity contribution in [2.24, 2.45) is 52.6 Å². The molecular weight excluding hydrogens is 1610 g/mol. The van der Waals surface area contributed by atoms with E-state index in [1.54, 1.807) is 140 Å². The molecule has 1 aliphatic heterocycles. The highest BCUT2D eigenvalue weighted by molar-refractivity contribution is 6.22. The van der Waals surface area contributed by atoms with E-state index in [0.717, 1.165) is 19.3 Å². The van der Waals surface area contributed by atoms with Gasteiger partial charge in [0.2, 0.25) is 29.5 Å². The minimum atomic E-state index is -1.46. The summed E-state index contributed by atoms with van der Waals surface area (Å²) in [5.41, 5.74) is 6.27. The highest BCUT2D eigenvalue weighted by atomic mass is 16.6. The molecule has 6 amide bonds. The van der Waals surface area contributed by atoms with E-state index >= 15 is 28.8 Å². The van der Waals surface area contributed by atoms with E-state index in [2.05, 4.69) is 42.2 Å². The van der Waals surface area contributed by atoms with Crippen LogP contribution in [0, 0.1) is 46.8 Å². The average Bonchev–Trinajstić information content (AvgIpc) is 1.60. The maximum Gasteiger partial charge on any atom is 0.419 e. The highest BCUT2D eigenvalue weighted by Gasteiger charge is 2.41. The summed E-state index contributed by atoms with van der Waals surface area (Å²) in [6, 6.07) is 13.0. The number of nitrogens with zero attached hydrogens (tertiary/aromatic N) is 6. The van der Waals surface area contributed by atoms with E-state index in [1.165, 1.54) is 23.1 Å². The number of rotatable bonds is 46. The van der Waals surface area contributed by atoms with Crippen molar-refractivity contribution < 1.29 is 81.3 Å². The molecule has 126 heavy (non-hydrogen) atoms. The standard InChI is InChI=1S/C96H143N13O17/c1-59(2)45-73(79(112)53-68(85(116)98-19)50-70-48-63-33-21-23-38-76(63)108(70)91(122)125-94(11,12)13)101-87(118)67(37-27-32-44-107-58-69(104-105-107)54-72(97)89(120)106-42-30-20-31-43-106)52-80(113)84(61(5)6)103-88(119)66(36-26-29-41-100-90(121)124-93(8,9)10)51-78(111)74(55-71-49-64-34-22-24-39-77(64)109(71)92(123)126-95(14,15)16)102-86(117)65(47-62(7)110)35-25-28-40-99-75(46-60(3)4)83-81(114)56-96(17,18)57-82(83)115/h21-24,33-34,38-39,48-49,58-61,65-68,72-74,84,99H,20,25-32,35-37,40-47,50-57,97H2,1-19H3,(H,98,116)(H,100,121)(H,101,118)(H,102,117)(H,103,119). The molecule has 2 aromatic carbocycles. The molecule has 3 aromatic heterocycles. The molecule has 2 fully saturated rings. The first kappa shape index (κ1) is 103. The summed E-state index contributed by atoms with van der Waals surface area (Å²) in [7, 11) is 1.45. The number of aromatic nitrogens is 5. The maximum absolute atomic E-state index is 15.8. The number of carbonyl (C=O) groups excluding carboxylic acids is 14. The van der Waals surface area contributed by atoms with E-state index in [1.807, 2.05) is 53.7 Å². The van der Waals surface area contributed by atoms with Crippen molar-refractivity contribution in [3.8, 4) is 0 Å². The van der Waals surface area contributed by atoms with E-state index in [4.69, 9.17) is 19.9 Å². The quantitative estimate of drug-likeness (QED) is 0.00823. The summed E-state index contributed by atoms with van der Waals surface area (Å²) in [6.45, 7) is 34.0. The Morgan fingerprint density at radius 2 is 1.01 bits per heavy atom. The van der Waals surface area contributed by atoms with Gasteiger partial charge >= 0.3 is 18.3 Å². The number of hydrogen-bond acceptors (Lipinski definition) is 21. The number of benzene rings is 2. The number of para-hydroxylation sites is 2. The Bertz CT molecular complexity index is 4650. The lowest BCUT2D eigenvalue weighted by atomic mass is 9.73. The molecule has 0 radical (unpaired) electrons. The maximum atomic E-state index is 15.8. The Labute approximate surface area is 743 Å². The molecule has 5 aromatic rings. The Morgan fingerprint density at radius 3 is 1.52 bits per heavy atom. The lowest BCUT2D eigenvalue weighted by Crippen LogP contribution is -2.50. The molecule has 30 nitrogen and oxygen atoms in total. The minimum Gasteiger partial charge on any atom is -0.444 e. The normalized spacial score (nSPS) is 15.8. The summed E-state index contributed by atoms with van der Waals surface area (Å²) in [5, 5.41) is 27.8. The van der Waals surface area contributed by atoms with Crippen molar-refractivity contribution in [1.82, 2.24) is 60.9 Å². The number of carbonyl (C=O) groups is 14. The van der Waals surface area contributed by atoms with Gasteiger partial charge in [-0.25, -0.2) is 23.5 Å². The van der Waals surface area contributed by atoms with Gasteiger partial charge in [0, 0.05) is 149 Å². The van der Waals surface area contributed by atoms with Gasteiger partial charge in [-0.3, -0.25) is 52.6 Å². The molecule has 7 rings (SSSR count). The van der Waals surface area contributed by atoms with Crippen LogP contribution in [0.4, 0.5) is 14.4 Å². The molecule has 694 valence electrons. The third kappa shape index (κ3) is 32.6. The molecule has 1 aliphatic carbocycles. The zero-order valence-corrected chi connectivity index (χ0v) is 78.2. The Kier molecular flexibility index (Phi) is 38.3. The van der Waals surface area contributed by atoms with Crippen molar-refractivity contribution in [3.05, 3.63) is 95.2 Å². The van der Waals surface area contributed by atoms with Gasteiger partial charge in [0.25, 0.3) is 0 Å². The van der Waals surface area contributed by atoms with E-state index in [9.17, 15) is 38.4 Å². The lowest BCUT2D eigenvalue weighted by molar-refractivity contribution is -0.136. The van der Waals surface area contributed by atoms with Crippen LogP contribution in [0.15, 0.2) is 78.1 Å². The molecule has 4 heterocycles. The van der Waals surface area contributed by atoms with Crippen molar-refractivity contribution in [2.45, 2.75) is 320 Å². The summed E-state index contributed by atoms with van der Waals surface area (Å²) in [6.07, 6.45) is 4.20. The summed E-state index contributed by atoms with van der Waals surface area (Å²) in [4.78, 5) is 203. The van der Waals surface area contributed by atoms with E-state index in [-0.39, 0.29) is 130 Å². The zero-order chi connectivity index (χ0) is 93.3. The van der Waals surface area contributed by atoms with Gasteiger partial charge in [-0.05, 0) is 187 Å². The fourth-order valence-electron chi connectivity index (χ4n) is 16.5. The van der Waals surface area contributed by atoms with Crippen molar-refractivity contribution in [2.75, 3.05) is 33.2 Å². The number of piperidine rings is 1. The predicted molar refractivity (Wildman–Crippen MR) is 482 cm³/mol. The van der Waals surface area contributed by atoms with E-state index in [0.29, 0.717) is 104 Å². The molecule has 8 unspecified atom stereocenters. The molecule has 0 bridgehead atoms. The van der Waals surface area contributed by atoms with Gasteiger partial charge < -0.3 is 61.5 Å². The van der Waals surface area contributed by atoms with Gasteiger partial charge in [-0.1, -0.05) is 116 Å². The number of fused-ring (bicyclic) bond motifs is 2. The van der Waals surface area contributed by atoms with Gasteiger partial charge in [0.05, 0.1) is 52.4 Å². The van der Waals surface area contributed by atoms with Gasteiger partial charge in [-0.15, -0.1) is 5.10 Å². The second-order valence-corrected chi connectivity index (χ2v) is 39.6. The molecule has 8 atom stereocenters. The minimum absolute atomic E-state index is 0.00337. The number of allylic oxidation sites excluding steroid dienone is 2. The van der Waals surface area contributed by atoms with Crippen LogP contribution in [-0.2, 0) is 92.8 Å². The monoisotopic (exact) mass is 1750 g/mol. The van der Waals surface area contributed by atoms with Crippen LogP contribution in [0.25, 0.3) is 21.8 Å². The smallest absolute Gasteiger partial charge is 0.419 e. The number of hydrogen-bond donors (Lipinski definition) is 7. The molecule has 8 N–H and O–H groups in total. The van der Waals surface area contributed by atoms with Crippen LogP contribution < -0.4 is 37.6 Å². The van der Waals surface area contributed by atoms with Crippen LogP contribution >= 0.6 is 0 Å². The first-order valence-corrected chi connectivity index (χ1v) is 45.4. The van der Waals surface area contributed by atoms with E-state index < -0.39 is 148 Å². The first-order chi connectivity index (χ1) is 59.1. The SMILES string of the molecule is CNC(=O)C(CC(=O)C(CC(C)C)NC(=O)C(CCCCn1cc(CC(N)C(=O)N2CCCCC2)nn1)CC(=O)C(NC(=O)C(CCCCNC(=O)OC(C)(C)C)CC(=O)C(Cc1cc2ccccc2n1C(=O)OC(C)(C)C)NC(=O)C(CCCCNC(CC(C)C)=C1C(=O)CC(C)(C)CC1=O)CC(C)=O)C(C)C)Cc1cc2ccccc2n1C(=O)OC(C)(C)C. The second-order valence-electron chi connectivity index (χ2n) is 39.6. The van der Waals surface area contributed by atoms with Crippen LogP contribution in [-0.4, -0.2) is 186 Å². The van der Waals surface area contributed by atoms with Crippen molar-refractivity contribution in [3.63, 3.8) is 0 Å². The molecule has 0 spiro atoms. The van der Waals surface area contributed by atoms with Crippen LogP contribution in [0.3, 0.4) is 0 Å². The number of nitrogens with one attached hydrogen (secondary N) is 6. The largest absolute Gasteiger partial charge is 0.444 e. The topological polar surface area (TPSA) is 409 Å². The predicted octanol–water partition coefficient (Wildman–Crippen LogP) is 13.2. The van der Waals surface area contributed by atoms with Gasteiger partial charge in [0.15, 0.2) is 28.9 Å². The van der Waals surface area contributed by atoms with Crippen LogP contribution in [0.1, 0.15) is 270 Å². The Morgan fingerprint density at radius 1 is 0.532 bits per heavy atom. The van der Waals surface area contributed by atoms with Crippen molar-refractivity contribution >= 4 is 104 Å². The summed E-state index contributed by atoms with van der Waals surface area (Å²) < 4.78 is 21.7. The number of alkyl carbamates (subject to hydrolysis) is 1. The lowest BCUT2D eigenvalue weighted by Gasteiger charge is -2.30. The fourth-order valence-corrected chi connectivity index (χ4v) is 16.5. The van der Waals surface area contributed by atoms with Gasteiger partial charge in [-0.2, -0.15) is 0 Å². The molecule has 2 aliphatic rings.